The minimum atomic E-state index is -0.629. The molecule has 0 aromatic heterocycles. The van der Waals surface area contributed by atoms with Gasteiger partial charge in [-0.25, -0.2) is 4.79 Å². The molecular formula is C11H14N2O4. The summed E-state index contributed by atoms with van der Waals surface area (Å²) >= 11 is 0. The van der Waals surface area contributed by atoms with Gasteiger partial charge in [0.1, 0.15) is 5.69 Å². The molecule has 0 saturated heterocycles. The van der Waals surface area contributed by atoms with Gasteiger partial charge in [-0.2, -0.15) is 0 Å². The van der Waals surface area contributed by atoms with Crippen molar-refractivity contribution < 1.29 is 14.5 Å². The fourth-order valence-corrected chi connectivity index (χ4v) is 1.37. The van der Waals surface area contributed by atoms with Crippen LogP contribution in [0.2, 0.25) is 0 Å². The molecule has 1 aromatic rings. The van der Waals surface area contributed by atoms with Gasteiger partial charge < -0.3 is 10.5 Å². The second-order valence-electron chi connectivity index (χ2n) is 3.64. The van der Waals surface area contributed by atoms with E-state index >= 15 is 0 Å². The van der Waals surface area contributed by atoms with Gasteiger partial charge in [0, 0.05) is 6.07 Å². The molecule has 0 amide bonds. The summed E-state index contributed by atoms with van der Waals surface area (Å²) in [5.74, 6) is -0.629. The van der Waals surface area contributed by atoms with Crippen molar-refractivity contribution in [2.75, 3.05) is 12.3 Å². The molecule has 2 N–H and O–H groups in total. The highest BCUT2D eigenvalue weighted by Gasteiger charge is 2.21. The van der Waals surface area contributed by atoms with E-state index in [1.165, 1.54) is 12.1 Å². The Bertz CT molecular complexity index is 457. The maximum Gasteiger partial charge on any atom is 0.340 e. The Balaban J connectivity index is 3.15. The third kappa shape index (κ3) is 2.93. The lowest BCUT2D eigenvalue weighted by atomic mass is 10.1. The van der Waals surface area contributed by atoms with Crippen molar-refractivity contribution in [1.82, 2.24) is 0 Å². The molecule has 1 aromatic carbocycles. The first-order valence-electron chi connectivity index (χ1n) is 5.19. The van der Waals surface area contributed by atoms with Crippen LogP contribution in [0.5, 0.6) is 0 Å². The summed E-state index contributed by atoms with van der Waals surface area (Å²) in [6.45, 7) is 3.78. The van der Waals surface area contributed by atoms with Crippen LogP contribution in [-0.4, -0.2) is 17.5 Å². The molecule has 0 saturated carbocycles. The Kier molecular flexibility index (Phi) is 4.03. The van der Waals surface area contributed by atoms with Gasteiger partial charge in [0.25, 0.3) is 5.69 Å². The van der Waals surface area contributed by atoms with Crippen molar-refractivity contribution in [2.45, 2.75) is 20.3 Å². The molecule has 6 heteroatoms. The summed E-state index contributed by atoms with van der Waals surface area (Å²) in [6, 6.07) is 2.81. The Morgan fingerprint density at radius 2 is 2.18 bits per heavy atom. The van der Waals surface area contributed by atoms with Crippen LogP contribution < -0.4 is 5.73 Å². The summed E-state index contributed by atoms with van der Waals surface area (Å²) in [4.78, 5) is 21.8. The number of carbonyl (C=O) groups is 1. The second kappa shape index (κ2) is 5.29. The Morgan fingerprint density at radius 1 is 1.53 bits per heavy atom. The number of nitrogens with zero attached hydrogens (tertiary/aromatic N) is 1. The summed E-state index contributed by atoms with van der Waals surface area (Å²) < 4.78 is 4.91. The number of nitrogens with two attached hydrogens (primary N) is 1. The lowest BCUT2D eigenvalue weighted by Gasteiger charge is -2.07. The number of benzene rings is 1. The molecule has 6 nitrogen and oxygen atoms in total. The predicted octanol–water partition coefficient (Wildman–Crippen LogP) is 2.05. The van der Waals surface area contributed by atoms with Gasteiger partial charge in [-0.3, -0.25) is 10.1 Å². The van der Waals surface area contributed by atoms with Gasteiger partial charge in [0.05, 0.1) is 17.1 Å². The molecule has 0 aliphatic heterocycles. The maximum absolute atomic E-state index is 11.6. The summed E-state index contributed by atoms with van der Waals surface area (Å²) in [7, 11) is 0. The molecule has 0 unspecified atom stereocenters. The highest BCUT2D eigenvalue weighted by Crippen LogP contribution is 2.27. The smallest absolute Gasteiger partial charge is 0.340 e. The van der Waals surface area contributed by atoms with Crippen molar-refractivity contribution in [1.29, 1.82) is 0 Å². The van der Waals surface area contributed by atoms with Crippen LogP contribution in [0, 0.1) is 17.0 Å². The molecule has 0 aliphatic rings. The number of esters is 1. The first-order valence-corrected chi connectivity index (χ1v) is 5.19. The molecule has 17 heavy (non-hydrogen) atoms. The van der Waals surface area contributed by atoms with Gasteiger partial charge in [-0.15, -0.1) is 0 Å². The number of hydrogen-bond donors (Lipinski definition) is 1. The number of rotatable bonds is 4. The number of nitro groups is 1. The zero-order valence-corrected chi connectivity index (χ0v) is 9.73. The third-order valence-corrected chi connectivity index (χ3v) is 2.16. The van der Waals surface area contributed by atoms with Crippen LogP contribution in [0.4, 0.5) is 11.4 Å². The molecule has 0 bridgehead atoms. The molecule has 0 spiro atoms. The third-order valence-electron chi connectivity index (χ3n) is 2.16. The fraction of sp³-hybridized carbons (Fsp3) is 0.364. The van der Waals surface area contributed by atoms with Crippen molar-refractivity contribution >= 4 is 17.3 Å². The molecule has 0 radical (unpaired) electrons. The monoisotopic (exact) mass is 238 g/mol. The van der Waals surface area contributed by atoms with Gasteiger partial charge in [0.2, 0.25) is 0 Å². The van der Waals surface area contributed by atoms with Gasteiger partial charge in [0.15, 0.2) is 0 Å². The molecule has 1 rings (SSSR count). The SMILES string of the molecule is CCCOC(=O)c1cc(C)cc([N+](=O)[O-])c1N. The molecule has 0 atom stereocenters. The molecule has 92 valence electrons. The van der Waals surface area contributed by atoms with Gasteiger partial charge >= 0.3 is 5.97 Å². The Labute approximate surface area is 98.5 Å². The zero-order chi connectivity index (χ0) is 13.0. The summed E-state index contributed by atoms with van der Waals surface area (Å²) in [6.07, 6.45) is 0.680. The number of nitrogen functional groups attached to an aromatic ring is 1. The number of carbonyl (C=O) groups excluding carboxylic acids is 1. The molecule has 0 fully saturated rings. The van der Waals surface area contributed by atoms with E-state index in [0.717, 1.165) is 0 Å². The maximum atomic E-state index is 11.6. The van der Waals surface area contributed by atoms with E-state index in [0.29, 0.717) is 12.0 Å². The van der Waals surface area contributed by atoms with Gasteiger partial charge in [-0.1, -0.05) is 6.92 Å². The number of nitro benzene ring substituents is 1. The summed E-state index contributed by atoms with van der Waals surface area (Å²) in [5, 5.41) is 10.7. The van der Waals surface area contributed by atoms with E-state index in [2.05, 4.69) is 0 Å². The van der Waals surface area contributed by atoms with Gasteiger partial charge in [-0.05, 0) is 25.0 Å². The second-order valence-corrected chi connectivity index (χ2v) is 3.64. The Morgan fingerprint density at radius 3 is 2.71 bits per heavy atom. The average Bonchev–Trinajstić information content (AvgIpc) is 2.28. The van der Waals surface area contributed by atoms with Crippen molar-refractivity contribution in [3.8, 4) is 0 Å². The minimum absolute atomic E-state index is 0.0464. The lowest BCUT2D eigenvalue weighted by Crippen LogP contribution is -2.11. The number of hydrogen-bond acceptors (Lipinski definition) is 5. The van der Waals surface area contributed by atoms with Crippen LogP contribution in [0.15, 0.2) is 12.1 Å². The van der Waals surface area contributed by atoms with E-state index in [4.69, 9.17) is 10.5 Å². The lowest BCUT2D eigenvalue weighted by molar-refractivity contribution is -0.384. The van der Waals surface area contributed by atoms with E-state index in [1.807, 2.05) is 6.92 Å². The van der Waals surface area contributed by atoms with Crippen LogP contribution in [0.25, 0.3) is 0 Å². The van der Waals surface area contributed by atoms with E-state index in [1.54, 1.807) is 6.92 Å². The fourth-order valence-electron chi connectivity index (χ4n) is 1.37. The highest BCUT2D eigenvalue weighted by atomic mass is 16.6. The topological polar surface area (TPSA) is 95.5 Å². The number of aryl methyl sites for hydroxylation is 1. The first-order chi connectivity index (χ1) is 7.97. The standard InChI is InChI=1S/C11H14N2O4/c1-3-4-17-11(14)8-5-7(2)6-9(10(8)12)13(15)16/h5-6H,3-4,12H2,1-2H3. The first kappa shape index (κ1) is 13.0. The van der Waals surface area contributed by atoms with Crippen LogP contribution in [-0.2, 0) is 4.74 Å². The number of ether oxygens (including phenoxy) is 1. The largest absolute Gasteiger partial charge is 0.462 e. The Hall–Kier alpha value is -2.11. The van der Waals surface area contributed by atoms with Crippen LogP contribution >= 0.6 is 0 Å². The summed E-state index contributed by atoms with van der Waals surface area (Å²) in [5.41, 5.74) is 5.80. The van der Waals surface area contributed by atoms with Crippen LogP contribution in [0.3, 0.4) is 0 Å². The minimum Gasteiger partial charge on any atom is -0.462 e. The van der Waals surface area contributed by atoms with Crippen LogP contribution in [0.1, 0.15) is 29.3 Å². The molecule has 0 aliphatic carbocycles. The van der Waals surface area contributed by atoms with E-state index in [-0.39, 0.29) is 23.5 Å². The average molecular weight is 238 g/mol. The number of anilines is 1. The van der Waals surface area contributed by atoms with Crippen molar-refractivity contribution in [2.24, 2.45) is 0 Å². The van der Waals surface area contributed by atoms with Crippen molar-refractivity contribution in [3.05, 3.63) is 33.4 Å². The van der Waals surface area contributed by atoms with E-state index < -0.39 is 10.9 Å². The molecule has 0 heterocycles. The van der Waals surface area contributed by atoms with Crippen molar-refractivity contribution in [3.63, 3.8) is 0 Å². The normalized spacial score (nSPS) is 10.0. The quantitative estimate of drug-likeness (QED) is 0.375. The van der Waals surface area contributed by atoms with E-state index in [9.17, 15) is 14.9 Å². The predicted molar refractivity (Wildman–Crippen MR) is 62.8 cm³/mol. The molecular weight excluding hydrogens is 224 g/mol. The highest BCUT2D eigenvalue weighted by molar-refractivity contribution is 5.97. The zero-order valence-electron chi connectivity index (χ0n) is 9.73.